The Bertz CT molecular complexity index is 235. The molecule has 0 unspecified atom stereocenters. The second-order valence-corrected chi connectivity index (χ2v) is 6.80. The van der Waals surface area contributed by atoms with Crippen LogP contribution in [0.2, 0.25) is 0 Å². The highest BCUT2D eigenvalue weighted by Gasteiger charge is 2.01. The molecule has 0 bridgehead atoms. The predicted molar refractivity (Wildman–Crippen MR) is 56.7 cm³/mol. The average Bonchev–Trinajstić information content (AvgIpc) is 2.05. The van der Waals surface area contributed by atoms with E-state index in [-0.39, 0.29) is 4.46 Å². The molecule has 1 rings (SSSR count). The third kappa shape index (κ3) is 3.05. The van der Waals surface area contributed by atoms with Gasteiger partial charge in [-0.3, -0.25) is 0 Å². The minimum absolute atomic E-state index is 0.196. The quantitative estimate of drug-likeness (QED) is 0.551. The fourth-order valence-electron chi connectivity index (χ4n) is 0.940. The molecule has 0 spiro atoms. The van der Waals surface area contributed by atoms with Crippen LogP contribution in [0.3, 0.4) is 0 Å². The average molecular weight is 221 g/mol. The van der Waals surface area contributed by atoms with E-state index in [0.717, 1.165) is 5.75 Å². The van der Waals surface area contributed by atoms with Crippen LogP contribution in [0.25, 0.3) is 0 Å². The van der Waals surface area contributed by atoms with Gasteiger partial charge in [-0.05, 0) is 12.1 Å². The van der Waals surface area contributed by atoms with Crippen molar-refractivity contribution in [2.24, 2.45) is 0 Å². The van der Waals surface area contributed by atoms with E-state index in [9.17, 15) is 0 Å². The maximum Gasteiger partial charge on any atom is 0.118 e. The summed E-state index contributed by atoms with van der Waals surface area (Å²) in [6.45, 7) is 0. The summed E-state index contributed by atoms with van der Waals surface area (Å²) in [4.78, 5) is 0. The Labute approximate surface area is 84.5 Å². The molecule has 1 aromatic carbocycles. The minimum atomic E-state index is -0.525. The molecule has 0 aliphatic carbocycles. The van der Waals surface area contributed by atoms with Crippen LogP contribution < -0.4 is 9.92 Å². The molecule has 0 atom stereocenters. The lowest BCUT2D eigenvalue weighted by atomic mass is 10.3. The highest BCUT2D eigenvalue weighted by atomic mass is 35.5. The van der Waals surface area contributed by atoms with E-state index in [1.54, 1.807) is 7.11 Å². The first-order valence-corrected chi connectivity index (χ1v) is 6.03. The number of ether oxygens (including phenoxy) is 1. The Morgan fingerprint density at radius 1 is 1.25 bits per heavy atom. The number of benzene rings is 1. The molecule has 0 aromatic heterocycles. The zero-order valence-corrected chi connectivity index (χ0v) is 9.68. The SMILES string of the molecule is COc1ccc([SiH2]C(Cl)Cl)cc1. The molecular weight excluding hydrogens is 211 g/mol. The summed E-state index contributed by atoms with van der Waals surface area (Å²) >= 11 is 11.4. The van der Waals surface area contributed by atoms with Crippen LogP contribution in [0.15, 0.2) is 24.3 Å². The Morgan fingerprint density at radius 3 is 2.25 bits per heavy atom. The van der Waals surface area contributed by atoms with Gasteiger partial charge in [0, 0.05) is 0 Å². The normalized spacial score (nSPS) is 11.3. The van der Waals surface area contributed by atoms with Crippen molar-refractivity contribution in [1.82, 2.24) is 0 Å². The zero-order chi connectivity index (χ0) is 8.97. The van der Waals surface area contributed by atoms with Gasteiger partial charge >= 0.3 is 0 Å². The molecule has 0 radical (unpaired) electrons. The largest absolute Gasteiger partial charge is 0.497 e. The lowest BCUT2D eigenvalue weighted by Gasteiger charge is -2.02. The first-order chi connectivity index (χ1) is 5.72. The van der Waals surface area contributed by atoms with Crippen molar-refractivity contribution in [3.05, 3.63) is 24.3 Å². The predicted octanol–water partition coefficient (Wildman–Crippen LogP) is 1.25. The van der Waals surface area contributed by atoms with Crippen molar-refractivity contribution in [1.29, 1.82) is 0 Å². The summed E-state index contributed by atoms with van der Waals surface area (Å²) in [5.41, 5.74) is 0. The van der Waals surface area contributed by atoms with Crippen LogP contribution in [-0.4, -0.2) is 21.1 Å². The van der Waals surface area contributed by atoms with Gasteiger partial charge in [0.15, 0.2) is 0 Å². The Kier molecular flexibility index (Phi) is 3.92. The molecular formula is C8H10Cl2OSi. The molecule has 1 aromatic rings. The number of methoxy groups -OCH3 is 1. The third-order valence-corrected chi connectivity index (χ3v) is 3.73. The van der Waals surface area contributed by atoms with Crippen LogP contribution in [0.4, 0.5) is 0 Å². The van der Waals surface area contributed by atoms with Crippen molar-refractivity contribution >= 4 is 37.9 Å². The summed E-state index contributed by atoms with van der Waals surface area (Å²) in [6, 6.07) is 7.89. The minimum Gasteiger partial charge on any atom is -0.497 e. The van der Waals surface area contributed by atoms with Gasteiger partial charge in [0.05, 0.1) is 21.1 Å². The van der Waals surface area contributed by atoms with Gasteiger partial charge in [0.25, 0.3) is 0 Å². The maximum atomic E-state index is 5.68. The molecule has 66 valence electrons. The van der Waals surface area contributed by atoms with E-state index in [0.29, 0.717) is 0 Å². The fraction of sp³-hybridized carbons (Fsp3) is 0.250. The van der Waals surface area contributed by atoms with Gasteiger partial charge in [0.2, 0.25) is 0 Å². The molecule has 0 saturated carbocycles. The van der Waals surface area contributed by atoms with E-state index in [2.05, 4.69) is 0 Å². The topological polar surface area (TPSA) is 9.23 Å². The van der Waals surface area contributed by atoms with Crippen LogP contribution in [0.5, 0.6) is 5.75 Å². The summed E-state index contributed by atoms with van der Waals surface area (Å²) in [7, 11) is 1.13. The number of hydrogen-bond acceptors (Lipinski definition) is 1. The van der Waals surface area contributed by atoms with Gasteiger partial charge in [-0.15, -0.1) is 23.2 Å². The second-order valence-electron chi connectivity index (χ2n) is 2.44. The van der Waals surface area contributed by atoms with Crippen molar-refractivity contribution in [2.75, 3.05) is 7.11 Å². The number of alkyl halides is 2. The first-order valence-electron chi connectivity index (χ1n) is 3.63. The van der Waals surface area contributed by atoms with Crippen molar-refractivity contribution in [2.45, 2.75) is 4.46 Å². The zero-order valence-electron chi connectivity index (χ0n) is 6.76. The Morgan fingerprint density at radius 2 is 1.83 bits per heavy atom. The first kappa shape index (κ1) is 9.90. The maximum absolute atomic E-state index is 5.68. The number of rotatable bonds is 3. The molecule has 4 heteroatoms. The van der Waals surface area contributed by atoms with Gasteiger partial charge in [0.1, 0.15) is 5.75 Å². The molecule has 0 fully saturated rings. The highest BCUT2D eigenvalue weighted by molar-refractivity contribution is 6.75. The molecule has 0 aliphatic rings. The highest BCUT2D eigenvalue weighted by Crippen LogP contribution is 2.06. The van der Waals surface area contributed by atoms with E-state index < -0.39 is 9.52 Å². The molecule has 12 heavy (non-hydrogen) atoms. The number of hydrogen-bond donors (Lipinski definition) is 0. The molecule has 0 heterocycles. The Hall–Kier alpha value is -0.183. The molecule has 0 saturated heterocycles. The lowest BCUT2D eigenvalue weighted by Crippen LogP contribution is -2.19. The molecule has 0 N–H and O–H groups in total. The second kappa shape index (κ2) is 4.75. The molecule has 1 nitrogen and oxygen atoms in total. The van der Waals surface area contributed by atoms with E-state index in [1.165, 1.54) is 5.19 Å². The monoisotopic (exact) mass is 220 g/mol. The van der Waals surface area contributed by atoms with E-state index in [4.69, 9.17) is 27.9 Å². The summed E-state index contributed by atoms with van der Waals surface area (Å²) < 4.78 is 4.83. The summed E-state index contributed by atoms with van der Waals surface area (Å²) in [6.07, 6.45) is 0. The van der Waals surface area contributed by atoms with Gasteiger partial charge < -0.3 is 4.74 Å². The smallest absolute Gasteiger partial charge is 0.118 e. The third-order valence-electron chi connectivity index (χ3n) is 1.55. The number of halogens is 2. The van der Waals surface area contributed by atoms with Crippen LogP contribution in [0, 0.1) is 0 Å². The van der Waals surface area contributed by atoms with Crippen LogP contribution in [-0.2, 0) is 0 Å². The van der Waals surface area contributed by atoms with Crippen molar-refractivity contribution in [3.8, 4) is 5.75 Å². The van der Waals surface area contributed by atoms with Crippen molar-refractivity contribution < 1.29 is 4.74 Å². The van der Waals surface area contributed by atoms with E-state index in [1.807, 2.05) is 24.3 Å². The van der Waals surface area contributed by atoms with Gasteiger partial charge in [-0.25, -0.2) is 0 Å². The lowest BCUT2D eigenvalue weighted by molar-refractivity contribution is 0.415. The summed E-state index contributed by atoms with van der Waals surface area (Å²) in [5, 5.41) is 1.26. The molecule has 0 amide bonds. The van der Waals surface area contributed by atoms with Crippen LogP contribution >= 0.6 is 23.2 Å². The fourth-order valence-corrected chi connectivity index (χ4v) is 2.87. The standard InChI is InChI=1S/C8H10Cl2OSi/c1-11-6-2-4-7(5-3-6)12-8(9)10/h2-5,8H,12H2,1H3. The van der Waals surface area contributed by atoms with Gasteiger partial charge in [-0.1, -0.05) is 17.3 Å². The van der Waals surface area contributed by atoms with E-state index >= 15 is 0 Å². The summed E-state index contributed by atoms with van der Waals surface area (Å²) in [5.74, 6) is 0.869. The van der Waals surface area contributed by atoms with Crippen molar-refractivity contribution in [3.63, 3.8) is 0 Å². The molecule has 0 aliphatic heterocycles. The van der Waals surface area contributed by atoms with Gasteiger partial charge in [-0.2, -0.15) is 0 Å². The Balaban J connectivity index is 2.65. The van der Waals surface area contributed by atoms with Crippen LogP contribution in [0.1, 0.15) is 0 Å².